The van der Waals surface area contributed by atoms with Gasteiger partial charge in [-0.2, -0.15) is 0 Å². The standard InChI is InChI=1S/C42H56N2O6/c1-2-3-4-5-6-7-8-9-10-11-18-26-35(31-39(43)45)50-42(48)38(29-21-30-40(46)49-32-33-22-14-12-15-23-33)44-41(47)37-28-20-19-27-36(37)34-24-16-13-17-25-34/h12-17,19-20,22-25,27-28,35,38H,2-11,18,21,26,29-32H2,1H3,(H2,43,45)(H,44,47)/t35-,38-/m0/s1. The zero-order valence-corrected chi connectivity index (χ0v) is 29.8. The second-order valence-electron chi connectivity index (χ2n) is 13.0. The topological polar surface area (TPSA) is 125 Å². The van der Waals surface area contributed by atoms with Crippen molar-refractivity contribution in [2.75, 3.05) is 0 Å². The van der Waals surface area contributed by atoms with Crippen LogP contribution in [0.5, 0.6) is 0 Å². The van der Waals surface area contributed by atoms with E-state index in [2.05, 4.69) is 12.2 Å². The van der Waals surface area contributed by atoms with Crippen LogP contribution in [-0.4, -0.2) is 35.9 Å². The number of carbonyl (C=O) groups is 4. The van der Waals surface area contributed by atoms with Crippen LogP contribution in [0.25, 0.3) is 11.1 Å². The lowest BCUT2D eigenvalue weighted by molar-refractivity contribution is -0.153. The van der Waals surface area contributed by atoms with Gasteiger partial charge >= 0.3 is 11.9 Å². The first-order valence-electron chi connectivity index (χ1n) is 18.5. The summed E-state index contributed by atoms with van der Waals surface area (Å²) in [6, 6.07) is 25.1. The normalized spacial score (nSPS) is 12.1. The van der Waals surface area contributed by atoms with Crippen LogP contribution in [0.4, 0.5) is 0 Å². The van der Waals surface area contributed by atoms with Crippen molar-refractivity contribution in [2.45, 2.75) is 128 Å². The molecule has 0 aliphatic heterocycles. The minimum atomic E-state index is -1.04. The zero-order valence-electron chi connectivity index (χ0n) is 29.8. The molecule has 0 radical (unpaired) electrons. The van der Waals surface area contributed by atoms with Crippen LogP contribution in [0.3, 0.4) is 0 Å². The predicted octanol–water partition coefficient (Wildman–Crippen LogP) is 8.85. The lowest BCUT2D eigenvalue weighted by Gasteiger charge is -2.23. The highest BCUT2D eigenvalue weighted by Crippen LogP contribution is 2.24. The van der Waals surface area contributed by atoms with Gasteiger partial charge < -0.3 is 20.5 Å². The molecule has 0 aromatic heterocycles. The molecule has 8 heteroatoms. The van der Waals surface area contributed by atoms with E-state index in [-0.39, 0.29) is 32.3 Å². The predicted molar refractivity (Wildman–Crippen MR) is 198 cm³/mol. The fourth-order valence-corrected chi connectivity index (χ4v) is 6.01. The number of primary amides is 1. The third-order valence-electron chi connectivity index (χ3n) is 8.80. The summed E-state index contributed by atoms with van der Waals surface area (Å²) >= 11 is 0. The van der Waals surface area contributed by atoms with Crippen molar-refractivity contribution < 1.29 is 28.7 Å². The summed E-state index contributed by atoms with van der Waals surface area (Å²) in [6.07, 6.45) is 13.3. The Hall–Kier alpha value is -4.46. The summed E-state index contributed by atoms with van der Waals surface area (Å²) in [5, 5.41) is 2.86. The SMILES string of the molecule is CCCCCCCCCCCCC[C@@H](CC(N)=O)OC(=O)[C@H](CCCC(=O)OCc1ccccc1)NC(=O)c1ccccc1-c1ccccc1. The molecular weight excluding hydrogens is 628 g/mol. The van der Waals surface area contributed by atoms with Crippen LogP contribution < -0.4 is 11.1 Å². The van der Waals surface area contributed by atoms with Gasteiger partial charge in [0.2, 0.25) is 5.91 Å². The minimum absolute atomic E-state index is 0.0660. The number of nitrogens with two attached hydrogens (primary N) is 1. The van der Waals surface area contributed by atoms with Crippen molar-refractivity contribution in [3.63, 3.8) is 0 Å². The number of hydrogen-bond donors (Lipinski definition) is 2. The summed E-state index contributed by atoms with van der Waals surface area (Å²) < 4.78 is 11.3. The maximum Gasteiger partial charge on any atom is 0.328 e. The van der Waals surface area contributed by atoms with E-state index in [9.17, 15) is 19.2 Å². The number of nitrogens with one attached hydrogen (secondary N) is 1. The summed E-state index contributed by atoms with van der Waals surface area (Å²) in [5.41, 5.74) is 8.42. The third-order valence-corrected chi connectivity index (χ3v) is 8.80. The molecular formula is C42H56N2O6. The Morgan fingerprint density at radius 2 is 1.26 bits per heavy atom. The van der Waals surface area contributed by atoms with Crippen LogP contribution in [-0.2, 0) is 30.5 Å². The maximum absolute atomic E-state index is 13.7. The molecule has 0 heterocycles. The lowest BCUT2D eigenvalue weighted by atomic mass is 9.98. The van der Waals surface area contributed by atoms with Crippen molar-refractivity contribution in [1.29, 1.82) is 0 Å². The Morgan fingerprint density at radius 3 is 1.90 bits per heavy atom. The van der Waals surface area contributed by atoms with Gasteiger partial charge in [-0.05, 0) is 48.4 Å². The highest BCUT2D eigenvalue weighted by Gasteiger charge is 2.27. The van der Waals surface area contributed by atoms with E-state index in [1.54, 1.807) is 12.1 Å². The van der Waals surface area contributed by atoms with Gasteiger partial charge in [-0.25, -0.2) is 4.79 Å². The first kappa shape index (κ1) is 40.0. The van der Waals surface area contributed by atoms with E-state index in [1.165, 1.54) is 51.4 Å². The number of esters is 2. The van der Waals surface area contributed by atoms with Crippen molar-refractivity contribution >= 4 is 23.8 Å². The largest absolute Gasteiger partial charge is 0.461 e. The molecule has 0 spiro atoms. The van der Waals surface area contributed by atoms with Gasteiger partial charge in [-0.3, -0.25) is 14.4 Å². The van der Waals surface area contributed by atoms with E-state index >= 15 is 0 Å². The van der Waals surface area contributed by atoms with Gasteiger partial charge in [0, 0.05) is 12.0 Å². The number of ether oxygens (including phenoxy) is 2. The molecule has 270 valence electrons. The maximum atomic E-state index is 13.7. The highest BCUT2D eigenvalue weighted by atomic mass is 16.5. The highest BCUT2D eigenvalue weighted by molar-refractivity contribution is 6.02. The average molecular weight is 685 g/mol. The average Bonchev–Trinajstić information content (AvgIpc) is 3.13. The molecule has 2 amide bonds. The fraction of sp³-hybridized carbons (Fsp3) is 0.476. The first-order chi connectivity index (χ1) is 24.4. The van der Waals surface area contributed by atoms with Crippen LogP contribution in [0, 0.1) is 0 Å². The molecule has 0 saturated heterocycles. The number of hydrogen-bond acceptors (Lipinski definition) is 6. The Morgan fingerprint density at radius 1 is 0.680 bits per heavy atom. The minimum Gasteiger partial charge on any atom is -0.461 e. The molecule has 0 unspecified atom stereocenters. The molecule has 3 rings (SSSR count). The molecule has 50 heavy (non-hydrogen) atoms. The monoisotopic (exact) mass is 684 g/mol. The van der Waals surface area contributed by atoms with Gasteiger partial charge in [0.15, 0.2) is 0 Å². The molecule has 2 atom stereocenters. The van der Waals surface area contributed by atoms with Crippen molar-refractivity contribution in [1.82, 2.24) is 5.32 Å². The molecule has 0 fully saturated rings. The number of carbonyl (C=O) groups excluding carboxylic acids is 4. The molecule has 3 N–H and O–H groups in total. The van der Waals surface area contributed by atoms with Crippen molar-refractivity contribution in [3.05, 3.63) is 96.1 Å². The second-order valence-corrected chi connectivity index (χ2v) is 13.0. The molecule has 3 aromatic rings. The quantitative estimate of drug-likeness (QED) is 0.0679. The Kier molecular flexibility index (Phi) is 19.0. The van der Waals surface area contributed by atoms with Crippen LogP contribution in [0.2, 0.25) is 0 Å². The van der Waals surface area contributed by atoms with Gasteiger partial charge in [0.25, 0.3) is 5.91 Å². The van der Waals surface area contributed by atoms with E-state index < -0.39 is 35.9 Å². The molecule has 0 aliphatic rings. The number of rotatable bonds is 25. The number of amides is 2. The van der Waals surface area contributed by atoms with E-state index in [4.69, 9.17) is 15.2 Å². The van der Waals surface area contributed by atoms with Crippen LogP contribution in [0.15, 0.2) is 84.9 Å². The van der Waals surface area contributed by atoms with E-state index in [0.29, 0.717) is 12.0 Å². The van der Waals surface area contributed by atoms with Crippen molar-refractivity contribution in [2.24, 2.45) is 5.73 Å². The molecule has 3 aromatic carbocycles. The Bertz CT molecular complexity index is 1430. The van der Waals surface area contributed by atoms with Gasteiger partial charge in [-0.1, -0.05) is 150 Å². The molecule has 0 aliphatic carbocycles. The molecule has 0 bridgehead atoms. The van der Waals surface area contributed by atoms with E-state index in [0.717, 1.165) is 36.0 Å². The zero-order chi connectivity index (χ0) is 35.8. The Balaban J connectivity index is 1.60. The lowest BCUT2D eigenvalue weighted by Crippen LogP contribution is -2.43. The van der Waals surface area contributed by atoms with E-state index in [1.807, 2.05) is 72.8 Å². The summed E-state index contributed by atoms with van der Waals surface area (Å²) in [4.78, 5) is 51.7. The smallest absolute Gasteiger partial charge is 0.328 e. The molecule has 0 saturated carbocycles. The summed E-state index contributed by atoms with van der Waals surface area (Å²) in [7, 11) is 0. The van der Waals surface area contributed by atoms with Gasteiger partial charge in [0.05, 0.1) is 6.42 Å². The van der Waals surface area contributed by atoms with Crippen molar-refractivity contribution in [3.8, 4) is 11.1 Å². The van der Waals surface area contributed by atoms with Gasteiger partial charge in [0.1, 0.15) is 18.8 Å². The second kappa shape index (κ2) is 23.8. The first-order valence-corrected chi connectivity index (χ1v) is 18.5. The van der Waals surface area contributed by atoms with Crippen LogP contribution >= 0.6 is 0 Å². The fourth-order valence-electron chi connectivity index (χ4n) is 6.01. The van der Waals surface area contributed by atoms with Gasteiger partial charge in [-0.15, -0.1) is 0 Å². The molecule has 8 nitrogen and oxygen atoms in total. The Labute approximate surface area is 298 Å². The number of unbranched alkanes of at least 4 members (excludes halogenated alkanes) is 10. The van der Waals surface area contributed by atoms with Crippen LogP contribution in [0.1, 0.15) is 126 Å². The third kappa shape index (κ3) is 15.8. The summed E-state index contributed by atoms with van der Waals surface area (Å²) in [5.74, 6) is -2.04. The summed E-state index contributed by atoms with van der Waals surface area (Å²) in [6.45, 7) is 2.39. The number of benzene rings is 3.